The van der Waals surface area contributed by atoms with Gasteiger partial charge in [0.1, 0.15) is 11.9 Å². The van der Waals surface area contributed by atoms with Crippen LogP contribution in [0, 0.1) is 0 Å². The normalized spacial score (nSPS) is 20.5. The minimum absolute atomic E-state index is 0. The van der Waals surface area contributed by atoms with Crippen LogP contribution in [-0.2, 0) is 0 Å². The number of benzene rings is 2. The number of rotatable bonds is 7. The van der Waals surface area contributed by atoms with Crippen LogP contribution < -0.4 is 25.4 Å². The molecule has 11 heteroatoms. The van der Waals surface area contributed by atoms with E-state index in [1.807, 2.05) is 6.07 Å². The Morgan fingerprint density at radius 1 is 1.11 bits per heavy atom. The molecule has 0 aliphatic carbocycles. The maximum atomic E-state index is 14.1. The van der Waals surface area contributed by atoms with Gasteiger partial charge in [-0.3, -0.25) is 4.79 Å². The number of ether oxygens (including phenoxy) is 2. The molecular weight excluding hydrogens is 504 g/mol. The van der Waals surface area contributed by atoms with E-state index in [2.05, 4.69) is 21.0 Å². The van der Waals surface area contributed by atoms with Gasteiger partial charge in [0, 0.05) is 29.8 Å². The molecule has 2 aromatic carbocycles. The smallest absolute Gasteiger partial charge is 0.260 e. The number of halogens is 3. The van der Waals surface area contributed by atoms with Crippen molar-refractivity contribution >= 4 is 24.1 Å². The molecule has 198 valence electrons. The van der Waals surface area contributed by atoms with E-state index in [9.17, 15) is 13.6 Å². The molecule has 1 aromatic heterocycles. The fourth-order valence-electron chi connectivity index (χ4n) is 4.81. The van der Waals surface area contributed by atoms with Gasteiger partial charge in [0.2, 0.25) is 0 Å². The molecule has 2 aliphatic rings. The number of hydrogen-bond donors (Lipinski definition) is 3. The van der Waals surface area contributed by atoms with Gasteiger partial charge in [-0.05, 0) is 49.2 Å². The number of anilines is 1. The van der Waals surface area contributed by atoms with Gasteiger partial charge in [0.15, 0.2) is 11.5 Å². The third-order valence-corrected chi connectivity index (χ3v) is 6.79. The first-order chi connectivity index (χ1) is 17.5. The van der Waals surface area contributed by atoms with Crippen LogP contribution in [0.3, 0.4) is 0 Å². The molecule has 3 atom stereocenters. The predicted molar refractivity (Wildman–Crippen MR) is 139 cm³/mol. The molecule has 1 fully saturated rings. The van der Waals surface area contributed by atoms with Crippen LogP contribution in [0.4, 0.5) is 14.6 Å². The summed E-state index contributed by atoms with van der Waals surface area (Å²) in [5.74, 6) is 1.50. The van der Waals surface area contributed by atoms with Gasteiger partial charge in [0.05, 0.1) is 26.0 Å². The summed E-state index contributed by atoms with van der Waals surface area (Å²) in [5.41, 5.74) is 2.67. The van der Waals surface area contributed by atoms with Gasteiger partial charge in [-0.1, -0.05) is 18.2 Å². The van der Waals surface area contributed by atoms with Crippen molar-refractivity contribution in [2.24, 2.45) is 0 Å². The second kappa shape index (κ2) is 11.4. The van der Waals surface area contributed by atoms with Crippen molar-refractivity contribution < 1.29 is 23.0 Å². The van der Waals surface area contributed by atoms with E-state index in [0.717, 1.165) is 30.6 Å². The lowest BCUT2D eigenvalue weighted by atomic mass is 9.97. The lowest BCUT2D eigenvalue weighted by Crippen LogP contribution is -2.36. The Morgan fingerprint density at radius 2 is 1.86 bits per heavy atom. The lowest BCUT2D eigenvalue weighted by molar-refractivity contribution is 0.0659. The molecule has 0 saturated carbocycles. The molecule has 3 aromatic rings. The third-order valence-electron chi connectivity index (χ3n) is 6.79. The van der Waals surface area contributed by atoms with Crippen molar-refractivity contribution in [2.45, 2.75) is 37.4 Å². The maximum absolute atomic E-state index is 14.1. The molecule has 37 heavy (non-hydrogen) atoms. The fraction of sp³-hybridized carbons (Fsp3) is 0.385. The minimum atomic E-state index is -2.59. The Bertz CT molecular complexity index is 1230. The average molecular weight is 534 g/mol. The van der Waals surface area contributed by atoms with Crippen molar-refractivity contribution in [3.05, 3.63) is 59.7 Å². The number of carbonyl (C=O) groups excluding carboxylic acids is 1. The second-order valence-corrected chi connectivity index (χ2v) is 9.05. The molecule has 0 spiro atoms. The van der Waals surface area contributed by atoms with Gasteiger partial charge in [-0.15, -0.1) is 12.4 Å². The predicted octanol–water partition coefficient (Wildman–Crippen LogP) is 4.44. The van der Waals surface area contributed by atoms with E-state index in [1.165, 1.54) is 4.68 Å². The molecular formula is C26H30ClF2N5O3. The third kappa shape index (κ3) is 5.50. The van der Waals surface area contributed by atoms with Crippen LogP contribution in [0.15, 0.2) is 48.5 Å². The number of aromatic nitrogens is 2. The highest BCUT2D eigenvalue weighted by Crippen LogP contribution is 2.41. The van der Waals surface area contributed by atoms with Crippen LogP contribution >= 0.6 is 12.4 Å². The Morgan fingerprint density at radius 3 is 2.51 bits per heavy atom. The molecule has 8 nitrogen and oxygen atoms in total. The topological polar surface area (TPSA) is 89.4 Å². The highest BCUT2D eigenvalue weighted by molar-refractivity contribution is 5.94. The van der Waals surface area contributed by atoms with E-state index in [4.69, 9.17) is 9.47 Å². The molecule has 1 saturated heterocycles. The Hall–Kier alpha value is -3.37. The first-order valence-corrected chi connectivity index (χ1v) is 11.9. The van der Waals surface area contributed by atoms with Crippen molar-refractivity contribution in [1.82, 2.24) is 20.4 Å². The molecule has 0 radical (unpaired) electrons. The standard InChI is InChI=1S/C26H29F2N5O3.ClH/c1-35-22-8-7-17(11-23(22)36-2)19-12-21(25(27)28)33-24(31-19)13-20(32-33)15-3-5-16(6-4-15)26(34)30-18-9-10-29-14-18;/h3-8,11,13,18-19,21,25,29,31H,9-10,12,14H2,1-2H3,(H,30,34);1H/t18-,19?,21?;/m0./s1. The number of nitrogens with one attached hydrogen (secondary N) is 3. The van der Waals surface area contributed by atoms with Crippen molar-refractivity contribution in [1.29, 1.82) is 0 Å². The van der Waals surface area contributed by atoms with Crippen LogP contribution in [-0.4, -0.2) is 55.5 Å². The van der Waals surface area contributed by atoms with Gasteiger partial charge < -0.3 is 25.4 Å². The molecule has 2 unspecified atom stereocenters. The molecule has 3 N–H and O–H groups in total. The number of hydrogen-bond acceptors (Lipinski definition) is 6. The monoisotopic (exact) mass is 533 g/mol. The second-order valence-electron chi connectivity index (χ2n) is 9.05. The summed E-state index contributed by atoms with van der Waals surface area (Å²) in [6.07, 6.45) is -1.51. The summed E-state index contributed by atoms with van der Waals surface area (Å²) in [5, 5.41) is 14.1. The zero-order valence-electron chi connectivity index (χ0n) is 20.5. The fourth-order valence-corrected chi connectivity index (χ4v) is 4.81. The highest BCUT2D eigenvalue weighted by Gasteiger charge is 2.35. The van der Waals surface area contributed by atoms with E-state index >= 15 is 0 Å². The Balaban J connectivity index is 0.00000320. The van der Waals surface area contributed by atoms with E-state index in [1.54, 1.807) is 56.7 Å². The first kappa shape index (κ1) is 26.7. The van der Waals surface area contributed by atoms with Crippen molar-refractivity contribution in [3.8, 4) is 22.8 Å². The Labute approximate surface area is 220 Å². The van der Waals surface area contributed by atoms with Gasteiger partial charge >= 0.3 is 0 Å². The van der Waals surface area contributed by atoms with E-state index in [0.29, 0.717) is 28.6 Å². The average Bonchev–Trinajstić information content (AvgIpc) is 3.57. The molecule has 2 aliphatic heterocycles. The number of fused-ring (bicyclic) bond motifs is 1. The van der Waals surface area contributed by atoms with Crippen molar-refractivity contribution in [3.63, 3.8) is 0 Å². The largest absolute Gasteiger partial charge is 0.493 e. The van der Waals surface area contributed by atoms with Gasteiger partial charge in [0.25, 0.3) is 12.3 Å². The SMILES string of the molecule is COc1ccc(C2CC(C(F)F)n3nc(-c4ccc(C(=O)N[C@H]5CCNC5)cc4)cc3N2)cc1OC.Cl. The highest BCUT2D eigenvalue weighted by atomic mass is 35.5. The summed E-state index contributed by atoms with van der Waals surface area (Å²) in [6, 6.07) is 12.9. The molecule has 3 heterocycles. The lowest BCUT2D eigenvalue weighted by Gasteiger charge is -2.32. The van der Waals surface area contributed by atoms with Crippen molar-refractivity contribution in [2.75, 3.05) is 32.6 Å². The van der Waals surface area contributed by atoms with Gasteiger partial charge in [-0.25, -0.2) is 13.5 Å². The van der Waals surface area contributed by atoms with Crippen LogP contribution in [0.1, 0.15) is 40.8 Å². The van der Waals surface area contributed by atoms with Gasteiger partial charge in [-0.2, -0.15) is 5.10 Å². The summed E-state index contributed by atoms with van der Waals surface area (Å²) >= 11 is 0. The number of amides is 1. The van der Waals surface area contributed by atoms with Crippen LogP contribution in [0.5, 0.6) is 11.5 Å². The van der Waals surface area contributed by atoms with Crippen LogP contribution in [0.2, 0.25) is 0 Å². The number of methoxy groups -OCH3 is 2. The maximum Gasteiger partial charge on any atom is 0.260 e. The number of alkyl halides is 2. The first-order valence-electron chi connectivity index (χ1n) is 11.9. The summed E-state index contributed by atoms with van der Waals surface area (Å²) < 4.78 is 40.2. The van der Waals surface area contributed by atoms with E-state index in [-0.39, 0.29) is 36.8 Å². The summed E-state index contributed by atoms with van der Waals surface area (Å²) in [6.45, 7) is 1.67. The quantitative estimate of drug-likeness (QED) is 0.416. The number of carbonyl (C=O) groups is 1. The Kier molecular flexibility index (Phi) is 8.19. The molecule has 5 rings (SSSR count). The summed E-state index contributed by atoms with van der Waals surface area (Å²) in [4.78, 5) is 12.5. The summed E-state index contributed by atoms with van der Waals surface area (Å²) in [7, 11) is 3.09. The molecule has 0 bridgehead atoms. The zero-order chi connectivity index (χ0) is 25.2. The van der Waals surface area contributed by atoms with Crippen LogP contribution in [0.25, 0.3) is 11.3 Å². The molecule has 1 amide bonds. The number of nitrogens with zero attached hydrogens (tertiary/aromatic N) is 2. The van der Waals surface area contributed by atoms with E-state index < -0.39 is 12.5 Å². The minimum Gasteiger partial charge on any atom is -0.493 e. The zero-order valence-corrected chi connectivity index (χ0v) is 21.4.